The summed E-state index contributed by atoms with van der Waals surface area (Å²) in [6, 6.07) is 20.1. The Hall–Kier alpha value is -3.23. The molecule has 32 heavy (non-hydrogen) atoms. The number of nitrogens with one attached hydrogen (secondary N) is 1. The molecular weight excluding hydrogens is 429 g/mol. The van der Waals surface area contributed by atoms with Gasteiger partial charge in [-0.25, -0.2) is 4.39 Å². The molecular formula is C24H26FN3O3S. The Balaban J connectivity index is 1.77. The molecule has 1 amide bonds. The minimum atomic E-state index is -3.94. The summed E-state index contributed by atoms with van der Waals surface area (Å²) in [7, 11) is -1.15. The van der Waals surface area contributed by atoms with Crippen molar-refractivity contribution in [1.29, 1.82) is 0 Å². The van der Waals surface area contributed by atoms with E-state index in [1.54, 1.807) is 30.3 Å². The van der Waals surface area contributed by atoms with E-state index in [0.29, 0.717) is 17.7 Å². The minimum absolute atomic E-state index is 0.0405. The maximum absolute atomic E-state index is 14.4. The Morgan fingerprint density at radius 3 is 2.19 bits per heavy atom. The number of carbonyl (C=O) groups excluding carboxylic acids is 1. The molecule has 8 heteroatoms. The van der Waals surface area contributed by atoms with E-state index < -0.39 is 16.0 Å². The van der Waals surface area contributed by atoms with Gasteiger partial charge in [-0.1, -0.05) is 48.5 Å². The number of rotatable bonds is 8. The fraction of sp³-hybridized carbons (Fsp3) is 0.208. The third-order valence-electron chi connectivity index (χ3n) is 5.10. The van der Waals surface area contributed by atoms with Gasteiger partial charge < -0.3 is 5.32 Å². The van der Waals surface area contributed by atoms with Crippen LogP contribution in [0.4, 0.5) is 10.1 Å². The molecule has 3 rings (SSSR count). The standard InChI is InChI=1S/C24H26FN3O3S/c1-18-8-4-5-9-21(18)16-26-24(29)20-14-12-19(13-15-20)17-28(32(30,31)27(2)3)23-11-7-6-10-22(23)25/h4-15H,16-17H2,1-3H3,(H,26,29). The van der Waals surface area contributed by atoms with Gasteiger partial charge in [-0.3, -0.25) is 9.10 Å². The molecule has 3 aromatic rings. The van der Waals surface area contributed by atoms with Gasteiger partial charge in [0.2, 0.25) is 0 Å². The van der Waals surface area contributed by atoms with Gasteiger partial charge in [-0.05, 0) is 47.9 Å². The van der Waals surface area contributed by atoms with Crippen LogP contribution in [0.15, 0.2) is 72.8 Å². The highest BCUT2D eigenvalue weighted by molar-refractivity contribution is 7.90. The van der Waals surface area contributed by atoms with Crippen molar-refractivity contribution in [3.8, 4) is 0 Å². The summed E-state index contributed by atoms with van der Waals surface area (Å²) in [6.45, 7) is 2.32. The Morgan fingerprint density at radius 2 is 1.56 bits per heavy atom. The van der Waals surface area contributed by atoms with Crippen molar-refractivity contribution >= 4 is 21.8 Å². The zero-order valence-corrected chi connectivity index (χ0v) is 19.1. The number of benzene rings is 3. The van der Waals surface area contributed by atoms with E-state index in [2.05, 4.69) is 5.32 Å². The average molecular weight is 456 g/mol. The SMILES string of the molecule is Cc1ccccc1CNC(=O)c1ccc(CN(c2ccccc2F)S(=O)(=O)N(C)C)cc1. The molecule has 0 radical (unpaired) electrons. The molecule has 0 aliphatic rings. The Labute approximate surface area is 188 Å². The predicted octanol–water partition coefficient (Wildman–Crippen LogP) is 3.88. The van der Waals surface area contributed by atoms with Crippen LogP contribution in [0.2, 0.25) is 0 Å². The number of para-hydroxylation sites is 1. The lowest BCUT2D eigenvalue weighted by Crippen LogP contribution is -2.40. The van der Waals surface area contributed by atoms with Gasteiger partial charge in [-0.15, -0.1) is 0 Å². The molecule has 168 valence electrons. The van der Waals surface area contributed by atoms with E-state index in [-0.39, 0.29) is 18.1 Å². The zero-order valence-electron chi connectivity index (χ0n) is 18.2. The van der Waals surface area contributed by atoms with Crippen LogP contribution in [0.25, 0.3) is 0 Å². The van der Waals surface area contributed by atoms with Crippen LogP contribution >= 0.6 is 0 Å². The molecule has 0 unspecified atom stereocenters. The van der Waals surface area contributed by atoms with Gasteiger partial charge in [0, 0.05) is 26.2 Å². The quantitative estimate of drug-likeness (QED) is 0.561. The highest BCUT2D eigenvalue weighted by atomic mass is 32.2. The molecule has 0 aliphatic heterocycles. The molecule has 0 saturated carbocycles. The van der Waals surface area contributed by atoms with Crippen LogP contribution < -0.4 is 9.62 Å². The number of hydrogen-bond acceptors (Lipinski definition) is 3. The number of nitrogens with zero attached hydrogens (tertiary/aromatic N) is 2. The molecule has 3 aromatic carbocycles. The lowest BCUT2D eigenvalue weighted by Gasteiger charge is -2.27. The molecule has 1 N–H and O–H groups in total. The second-order valence-electron chi connectivity index (χ2n) is 7.55. The van der Waals surface area contributed by atoms with E-state index in [1.807, 2.05) is 31.2 Å². The number of anilines is 1. The summed E-state index contributed by atoms with van der Waals surface area (Å²) in [5.41, 5.74) is 3.16. The van der Waals surface area contributed by atoms with E-state index in [1.165, 1.54) is 32.3 Å². The third kappa shape index (κ3) is 5.33. The maximum atomic E-state index is 14.4. The first-order valence-electron chi connectivity index (χ1n) is 10.1. The largest absolute Gasteiger partial charge is 0.348 e. The fourth-order valence-corrected chi connectivity index (χ4v) is 4.26. The Morgan fingerprint density at radius 1 is 0.938 bits per heavy atom. The summed E-state index contributed by atoms with van der Waals surface area (Å²) >= 11 is 0. The molecule has 0 atom stereocenters. The minimum Gasteiger partial charge on any atom is -0.348 e. The van der Waals surface area contributed by atoms with Gasteiger partial charge >= 0.3 is 10.2 Å². The molecule has 0 aromatic heterocycles. The van der Waals surface area contributed by atoms with Gasteiger partial charge in [0.15, 0.2) is 0 Å². The Bertz CT molecular complexity index is 1200. The van der Waals surface area contributed by atoms with Crippen LogP contribution in [0, 0.1) is 12.7 Å². The second-order valence-corrected chi connectivity index (χ2v) is 9.62. The lowest BCUT2D eigenvalue weighted by molar-refractivity contribution is 0.0951. The van der Waals surface area contributed by atoms with Crippen molar-refractivity contribution in [3.63, 3.8) is 0 Å². The normalized spacial score (nSPS) is 11.4. The van der Waals surface area contributed by atoms with Crippen LogP contribution in [0.5, 0.6) is 0 Å². The van der Waals surface area contributed by atoms with Crippen LogP contribution in [0.3, 0.4) is 0 Å². The highest BCUT2D eigenvalue weighted by Crippen LogP contribution is 2.25. The maximum Gasteiger partial charge on any atom is 0.303 e. The van der Waals surface area contributed by atoms with Crippen LogP contribution in [-0.2, 0) is 23.3 Å². The molecule has 0 aliphatic carbocycles. The van der Waals surface area contributed by atoms with Crippen LogP contribution in [0.1, 0.15) is 27.0 Å². The summed E-state index contributed by atoms with van der Waals surface area (Å²) in [5.74, 6) is -0.864. The van der Waals surface area contributed by atoms with E-state index in [0.717, 1.165) is 19.7 Å². The monoisotopic (exact) mass is 455 g/mol. The van der Waals surface area contributed by atoms with Gasteiger partial charge in [0.05, 0.1) is 12.2 Å². The average Bonchev–Trinajstić information content (AvgIpc) is 2.77. The van der Waals surface area contributed by atoms with Crippen LogP contribution in [-0.4, -0.2) is 32.7 Å². The second kappa shape index (κ2) is 9.93. The molecule has 6 nitrogen and oxygen atoms in total. The first kappa shape index (κ1) is 23.4. The third-order valence-corrected chi connectivity index (χ3v) is 6.91. The fourth-order valence-electron chi connectivity index (χ4n) is 3.16. The number of hydrogen-bond donors (Lipinski definition) is 1. The molecule has 0 saturated heterocycles. The first-order chi connectivity index (χ1) is 15.2. The summed E-state index contributed by atoms with van der Waals surface area (Å²) < 4.78 is 42.1. The van der Waals surface area contributed by atoms with E-state index in [4.69, 9.17) is 0 Å². The van der Waals surface area contributed by atoms with E-state index in [9.17, 15) is 17.6 Å². The summed E-state index contributed by atoms with van der Waals surface area (Å²) in [5, 5.41) is 2.89. The van der Waals surface area contributed by atoms with Crippen molar-refractivity contribution < 1.29 is 17.6 Å². The Kier molecular flexibility index (Phi) is 7.27. The number of halogens is 1. The molecule has 0 spiro atoms. The predicted molar refractivity (Wildman–Crippen MR) is 124 cm³/mol. The van der Waals surface area contributed by atoms with Gasteiger partial charge in [0.25, 0.3) is 5.91 Å². The van der Waals surface area contributed by atoms with Crippen molar-refractivity contribution in [1.82, 2.24) is 9.62 Å². The molecule has 0 heterocycles. The van der Waals surface area contributed by atoms with Crippen molar-refractivity contribution in [3.05, 3.63) is 101 Å². The van der Waals surface area contributed by atoms with Crippen molar-refractivity contribution in [2.75, 3.05) is 18.4 Å². The molecule has 0 bridgehead atoms. The van der Waals surface area contributed by atoms with Crippen molar-refractivity contribution in [2.24, 2.45) is 0 Å². The van der Waals surface area contributed by atoms with Crippen molar-refractivity contribution in [2.45, 2.75) is 20.0 Å². The summed E-state index contributed by atoms with van der Waals surface area (Å²) in [6.07, 6.45) is 0. The van der Waals surface area contributed by atoms with E-state index >= 15 is 0 Å². The summed E-state index contributed by atoms with van der Waals surface area (Å²) in [4.78, 5) is 12.5. The zero-order chi connectivity index (χ0) is 23.3. The highest BCUT2D eigenvalue weighted by Gasteiger charge is 2.27. The number of amides is 1. The van der Waals surface area contributed by atoms with Gasteiger partial charge in [-0.2, -0.15) is 12.7 Å². The van der Waals surface area contributed by atoms with Gasteiger partial charge in [0.1, 0.15) is 5.82 Å². The smallest absolute Gasteiger partial charge is 0.303 e. The first-order valence-corrected chi connectivity index (χ1v) is 11.5. The number of carbonyl (C=O) groups is 1. The number of aryl methyl sites for hydroxylation is 1. The topological polar surface area (TPSA) is 69.7 Å². The molecule has 0 fully saturated rings. The lowest BCUT2D eigenvalue weighted by atomic mass is 10.1.